The van der Waals surface area contributed by atoms with Crippen molar-refractivity contribution in [2.75, 3.05) is 0 Å². The molecule has 0 spiro atoms. The molecular weight excluding hydrogens is 160 g/mol. The third-order valence-electron chi connectivity index (χ3n) is 2.42. The van der Waals surface area contributed by atoms with Crippen LogP contribution in [0.4, 0.5) is 0 Å². The van der Waals surface area contributed by atoms with Crippen LogP contribution in [0.3, 0.4) is 0 Å². The minimum Gasteiger partial charge on any atom is -0.305 e. The van der Waals surface area contributed by atoms with Gasteiger partial charge in [-0.15, -0.1) is 0 Å². The molecule has 2 nitrogen and oxygen atoms in total. The van der Waals surface area contributed by atoms with Crippen molar-refractivity contribution < 1.29 is 0 Å². The fourth-order valence-corrected chi connectivity index (χ4v) is 1.72. The molecule has 0 aromatic heterocycles. The lowest BCUT2D eigenvalue weighted by Crippen LogP contribution is -2.31. The zero-order chi connectivity index (χ0) is 9.90. The number of rotatable bonds is 2. The monoisotopic (exact) mass is 182 g/mol. The smallest absolute Gasteiger partial charge is 0.0464 e. The van der Waals surface area contributed by atoms with Crippen LogP contribution in [0.1, 0.15) is 47.0 Å². The topological polar surface area (TPSA) is 24.4 Å². The summed E-state index contributed by atoms with van der Waals surface area (Å²) in [5, 5.41) is 4.28. The van der Waals surface area contributed by atoms with Gasteiger partial charge in [-0.3, -0.25) is 0 Å². The summed E-state index contributed by atoms with van der Waals surface area (Å²) in [4.78, 5) is 0. The van der Waals surface area contributed by atoms with E-state index < -0.39 is 0 Å². The van der Waals surface area contributed by atoms with Gasteiger partial charge in [-0.2, -0.15) is 5.10 Å². The van der Waals surface area contributed by atoms with E-state index in [1.165, 1.54) is 19.3 Å². The average Bonchev–Trinajstić information content (AvgIpc) is 2.33. The second-order valence-corrected chi connectivity index (χ2v) is 5.32. The molecule has 1 aliphatic carbocycles. The Morgan fingerprint density at radius 1 is 1.31 bits per heavy atom. The Bertz CT molecular complexity index is 179. The molecule has 2 heteroatoms. The maximum atomic E-state index is 4.28. The zero-order valence-electron chi connectivity index (χ0n) is 9.30. The maximum Gasteiger partial charge on any atom is 0.0464 e. The number of hydrogen-bond acceptors (Lipinski definition) is 2. The highest BCUT2D eigenvalue weighted by atomic mass is 15.3. The van der Waals surface area contributed by atoms with E-state index in [0.29, 0.717) is 5.92 Å². The minimum atomic E-state index is 0.0979. The van der Waals surface area contributed by atoms with Gasteiger partial charge in [0.1, 0.15) is 0 Å². The molecule has 1 saturated carbocycles. The van der Waals surface area contributed by atoms with Crippen molar-refractivity contribution in [3.8, 4) is 0 Å². The van der Waals surface area contributed by atoms with Crippen molar-refractivity contribution in [1.29, 1.82) is 0 Å². The SMILES string of the molecule is CC1CCC(/C=N/NC(C)(C)C)C1. The minimum absolute atomic E-state index is 0.0979. The molecule has 0 radical (unpaired) electrons. The van der Waals surface area contributed by atoms with Crippen LogP contribution in [0.2, 0.25) is 0 Å². The molecule has 1 rings (SSSR count). The Balaban J connectivity index is 2.25. The molecule has 76 valence electrons. The van der Waals surface area contributed by atoms with Gasteiger partial charge >= 0.3 is 0 Å². The van der Waals surface area contributed by atoms with Gasteiger partial charge in [0.15, 0.2) is 0 Å². The van der Waals surface area contributed by atoms with Crippen molar-refractivity contribution in [3.05, 3.63) is 0 Å². The zero-order valence-corrected chi connectivity index (χ0v) is 9.30. The van der Waals surface area contributed by atoms with Crippen LogP contribution >= 0.6 is 0 Å². The molecule has 1 N–H and O–H groups in total. The van der Waals surface area contributed by atoms with Gasteiger partial charge in [-0.05, 0) is 45.4 Å². The average molecular weight is 182 g/mol. The van der Waals surface area contributed by atoms with Gasteiger partial charge in [0.2, 0.25) is 0 Å². The number of nitrogens with one attached hydrogen (secondary N) is 1. The molecular formula is C11H22N2. The molecule has 0 saturated heterocycles. The lowest BCUT2D eigenvalue weighted by Gasteiger charge is -2.17. The predicted molar refractivity (Wildman–Crippen MR) is 57.9 cm³/mol. The summed E-state index contributed by atoms with van der Waals surface area (Å²) in [6.07, 6.45) is 6.09. The van der Waals surface area contributed by atoms with E-state index in [2.05, 4.69) is 44.4 Å². The third kappa shape index (κ3) is 4.30. The molecule has 1 fully saturated rings. The van der Waals surface area contributed by atoms with Crippen LogP contribution in [0.15, 0.2) is 5.10 Å². The lowest BCUT2D eigenvalue weighted by molar-refractivity contribution is 0.440. The molecule has 0 amide bonds. The Labute approximate surface area is 81.8 Å². The quantitative estimate of drug-likeness (QED) is 0.515. The third-order valence-corrected chi connectivity index (χ3v) is 2.42. The van der Waals surface area contributed by atoms with Crippen molar-refractivity contribution >= 4 is 6.21 Å². The normalized spacial score (nSPS) is 29.8. The lowest BCUT2D eigenvalue weighted by atomic mass is 10.1. The van der Waals surface area contributed by atoms with Gasteiger partial charge in [0, 0.05) is 11.8 Å². The van der Waals surface area contributed by atoms with E-state index in [1.54, 1.807) is 0 Å². The molecule has 0 aromatic carbocycles. The Hall–Kier alpha value is -0.530. The molecule has 0 aliphatic heterocycles. The summed E-state index contributed by atoms with van der Waals surface area (Å²) in [7, 11) is 0. The first-order chi connectivity index (χ1) is 5.97. The summed E-state index contributed by atoms with van der Waals surface area (Å²) in [5.74, 6) is 1.61. The molecule has 0 aromatic rings. The Kier molecular flexibility index (Phi) is 3.34. The van der Waals surface area contributed by atoms with Gasteiger partial charge in [-0.25, -0.2) is 0 Å². The highest BCUT2D eigenvalue weighted by Gasteiger charge is 2.19. The Morgan fingerprint density at radius 2 is 2.00 bits per heavy atom. The number of nitrogens with zero attached hydrogens (tertiary/aromatic N) is 1. The van der Waals surface area contributed by atoms with E-state index in [-0.39, 0.29) is 5.54 Å². The van der Waals surface area contributed by atoms with Gasteiger partial charge in [0.05, 0.1) is 0 Å². The van der Waals surface area contributed by atoms with Gasteiger partial charge in [-0.1, -0.05) is 13.3 Å². The molecule has 2 unspecified atom stereocenters. The van der Waals surface area contributed by atoms with Crippen LogP contribution in [-0.2, 0) is 0 Å². The van der Waals surface area contributed by atoms with Crippen LogP contribution in [0, 0.1) is 11.8 Å². The fourth-order valence-electron chi connectivity index (χ4n) is 1.72. The van der Waals surface area contributed by atoms with Crippen LogP contribution in [0.5, 0.6) is 0 Å². The molecule has 1 aliphatic rings. The molecule has 13 heavy (non-hydrogen) atoms. The van der Waals surface area contributed by atoms with Crippen LogP contribution < -0.4 is 5.43 Å². The van der Waals surface area contributed by atoms with Gasteiger partial charge in [0.25, 0.3) is 0 Å². The highest BCUT2D eigenvalue weighted by molar-refractivity contribution is 5.60. The standard InChI is InChI=1S/C11H22N2/c1-9-5-6-10(7-9)8-12-13-11(2,3)4/h8-10,13H,5-7H2,1-4H3/b12-8+. The van der Waals surface area contributed by atoms with E-state index in [4.69, 9.17) is 0 Å². The van der Waals surface area contributed by atoms with Crippen molar-refractivity contribution in [1.82, 2.24) is 5.43 Å². The molecule has 2 atom stereocenters. The Morgan fingerprint density at radius 3 is 2.46 bits per heavy atom. The van der Waals surface area contributed by atoms with E-state index in [0.717, 1.165) is 5.92 Å². The number of hydrogen-bond donors (Lipinski definition) is 1. The molecule has 0 heterocycles. The fraction of sp³-hybridized carbons (Fsp3) is 0.909. The van der Waals surface area contributed by atoms with Crippen LogP contribution in [0.25, 0.3) is 0 Å². The summed E-state index contributed by atoms with van der Waals surface area (Å²) in [6, 6.07) is 0. The van der Waals surface area contributed by atoms with Crippen LogP contribution in [-0.4, -0.2) is 11.8 Å². The summed E-state index contributed by atoms with van der Waals surface area (Å²) in [5.41, 5.74) is 3.23. The first-order valence-corrected chi connectivity index (χ1v) is 5.28. The van der Waals surface area contributed by atoms with Gasteiger partial charge < -0.3 is 5.43 Å². The summed E-state index contributed by atoms with van der Waals surface area (Å²) < 4.78 is 0. The highest BCUT2D eigenvalue weighted by Crippen LogP contribution is 2.28. The van der Waals surface area contributed by atoms with E-state index >= 15 is 0 Å². The van der Waals surface area contributed by atoms with E-state index in [9.17, 15) is 0 Å². The first kappa shape index (κ1) is 10.6. The summed E-state index contributed by atoms with van der Waals surface area (Å²) in [6.45, 7) is 8.70. The maximum absolute atomic E-state index is 4.28. The van der Waals surface area contributed by atoms with Crippen molar-refractivity contribution in [2.24, 2.45) is 16.9 Å². The van der Waals surface area contributed by atoms with Crippen molar-refractivity contribution in [2.45, 2.75) is 52.5 Å². The molecule has 0 bridgehead atoms. The predicted octanol–water partition coefficient (Wildman–Crippen LogP) is 2.80. The second kappa shape index (κ2) is 4.12. The first-order valence-electron chi connectivity index (χ1n) is 5.28. The van der Waals surface area contributed by atoms with E-state index in [1.807, 2.05) is 0 Å². The number of hydrazone groups is 1. The second-order valence-electron chi connectivity index (χ2n) is 5.32. The van der Waals surface area contributed by atoms with Crippen molar-refractivity contribution in [3.63, 3.8) is 0 Å². The summed E-state index contributed by atoms with van der Waals surface area (Å²) >= 11 is 0. The largest absolute Gasteiger partial charge is 0.305 e.